The van der Waals surface area contributed by atoms with Crippen molar-refractivity contribution in [1.82, 2.24) is 5.32 Å². The summed E-state index contributed by atoms with van der Waals surface area (Å²) in [6.45, 7) is 9.24. The average molecular weight is 298 g/mol. The van der Waals surface area contributed by atoms with Crippen LogP contribution in [0.5, 0.6) is 0 Å². The molecular formula is C20H43N. The van der Waals surface area contributed by atoms with E-state index in [1.807, 2.05) is 0 Å². The van der Waals surface area contributed by atoms with Gasteiger partial charge < -0.3 is 5.32 Å². The van der Waals surface area contributed by atoms with Gasteiger partial charge in [0.1, 0.15) is 0 Å². The highest BCUT2D eigenvalue weighted by molar-refractivity contribution is 4.53. The molecule has 0 aromatic rings. The molecule has 0 spiro atoms. The van der Waals surface area contributed by atoms with Crippen LogP contribution in [0.4, 0.5) is 0 Å². The van der Waals surface area contributed by atoms with E-state index in [1.165, 1.54) is 103 Å². The first kappa shape index (κ1) is 21.0. The van der Waals surface area contributed by atoms with Gasteiger partial charge in [0, 0.05) is 0 Å². The van der Waals surface area contributed by atoms with Crippen LogP contribution in [0.25, 0.3) is 0 Å². The summed E-state index contributed by atoms with van der Waals surface area (Å²) in [7, 11) is 0. The molecule has 0 radical (unpaired) electrons. The van der Waals surface area contributed by atoms with Crippen molar-refractivity contribution in [2.24, 2.45) is 5.92 Å². The van der Waals surface area contributed by atoms with Gasteiger partial charge in [0.15, 0.2) is 0 Å². The smallest absolute Gasteiger partial charge is 0.00258 e. The van der Waals surface area contributed by atoms with Crippen LogP contribution in [0.2, 0.25) is 0 Å². The first-order valence-electron chi connectivity index (χ1n) is 9.98. The van der Waals surface area contributed by atoms with Crippen LogP contribution in [0.1, 0.15) is 111 Å². The van der Waals surface area contributed by atoms with Gasteiger partial charge in [-0.25, -0.2) is 0 Å². The maximum absolute atomic E-state index is 3.53. The van der Waals surface area contributed by atoms with Crippen LogP contribution in [-0.4, -0.2) is 13.1 Å². The van der Waals surface area contributed by atoms with Crippen LogP contribution < -0.4 is 5.32 Å². The molecule has 0 saturated carbocycles. The minimum Gasteiger partial charge on any atom is -0.316 e. The quantitative estimate of drug-likeness (QED) is 0.294. The Kier molecular flexibility index (Phi) is 18.0. The van der Waals surface area contributed by atoms with Gasteiger partial charge in [0.25, 0.3) is 0 Å². The Hall–Kier alpha value is -0.0400. The first-order chi connectivity index (χ1) is 10.3. The Balaban J connectivity index is 2.93. The molecule has 1 heteroatoms. The maximum atomic E-state index is 3.53. The molecular weight excluding hydrogens is 254 g/mol. The number of nitrogens with one attached hydrogen (secondary N) is 1. The van der Waals surface area contributed by atoms with E-state index in [-0.39, 0.29) is 0 Å². The monoisotopic (exact) mass is 297 g/mol. The maximum Gasteiger partial charge on any atom is -0.00258 e. The summed E-state index contributed by atoms with van der Waals surface area (Å²) in [6.07, 6.45) is 20.3. The van der Waals surface area contributed by atoms with Crippen molar-refractivity contribution in [2.75, 3.05) is 13.1 Å². The van der Waals surface area contributed by atoms with Crippen molar-refractivity contribution in [3.05, 3.63) is 0 Å². The van der Waals surface area contributed by atoms with E-state index in [0.717, 1.165) is 5.92 Å². The third-order valence-electron chi connectivity index (χ3n) is 4.26. The van der Waals surface area contributed by atoms with Gasteiger partial charge in [-0.15, -0.1) is 0 Å². The molecule has 0 atom stereocenters. The summed E-state index contributed by atoms with van der Waals surface area (Å²) in [6, 6.07) is 0. The molecule has 0 aliphatic carbocycles. The van der Waals surface area contributed by atoms with E-state index in [9.17, 15) is 0 Å². The van der Waals surface area contributed by atoms with Crippen molar-refractivity contribution in [3.63, 3.8) is 0 Å². The van der Waals surface area contributed by atoms with E-state index in [0.29, 0.717) is 0 Å². The summed E-state index contributed by atoms with van der Waals surface area (Å²) in [4.78, 5) is 0. The lowest BCUT2D eigenvalue weighted by molar-refractivity contribution is 0.512. The Morgan fingerprint density at radius 2 is 0.952 bits per heavy atom. The van der Waals surface area contributed by atoms with Crippen molar-refractivity contribution < 1.29 is 0 Å². The number of unbranched alkanes of at least 4 members (excludes halogenated alkanes) is 13. The molecule has 0 amide bonds. The molecule has 0 aromatic heterocycles. The predicted octanol–water partition coefficient (Wildman–Crippen LogP) is 6.71. The van der Waals surface area contributed by atoms with Gasteiger partial charge in [0.05, 0.1) is 0 Å². The second-order valence-corrected chi connectivity index (χ2v) is 7.19. The van der Waals surface area contributed by atoms with Gasteiger partial charge in [-0.2, -0.15) is 0 Å². The van der Waals surface area contributed by atoms with Gasteiger partial charge in [-0.1, -0.05) is 104 Å². The molecule has 128 valence electrons. The summed E-state index contributed by atoms with van der Waals surface area (Å²) in [5, 5.41) is 3.53. The minimum atomic E-state index is 0.789. The zero-order valence-electron chi connectivity index (χ0n) is 15.4. The van der Waals surface area contributed by atoms with Crippen LogP contribution in [0.3, 0.4) is 0 Å². The fourth-order valence-electron chi connectivity index (χ4n) is 2.84. The van der Waals surface area contributed by atoms with Gasteiger partial charge in [0.2, 0.25) is 0 Å². The molecule has 0 rings (SSSR count). The lowest BCUT2D eigenvalue weighted by Crippen LogP contribution is -2.20. The average Bonchev–Trinajstić information content (AvgIpc) is 2.46. The SMILES string of the molecule is CCCCCCCCCCCCCCCCNCC(C)C. The highest BCUT2D eigenvalue weighted by Crippen LogP contribution is 2.12. The third kappa shape index (κ3) is 20.0. The molecule has 0 heterocycles. The highest BCUT2D eigenvalue weighted by atomic mass is 14.8. The lowest BCUT2D eigenvalue weighted by Gasteiger charge is -2.07. The number of rotatable bonds is 17. The van der Waals surface area contributed by atoms with Crippen molar-refractivity contribution in [3.8, 4) is 0 Å². The zero-order chi connectivity index (χ0) is 15.6. The second kappa shape index (κ2) is 18.0. The molecule has 0 aromatic carbocycles. The summed E-state index contributed by atoms with van der Waals surface area (Å²) < 4.78 is 0. The molecule has 0 aliphatic heterocycles. The molecule has 0 fully saturated rings. The van der Waals surface area contributed by atoms with Crippen molar-refractivity contribution in [1.29, 1.82) is 0 Å². The first-order valence-corrected chi connectivity index (χ1v) is 9.98. The largest absolute Gasteiger partial charge is 0.316 e. The molecule has 0 saturated heterocycles. The summed E-state index contributed by atoms with van der Waals surface area (Å²) in [5.74, 6) is 0.789. The number of hydrogen-bond donors (Lipinski definition) is 1. The van der Waals surface area contributed by atoms with E-state index < -0.39 is 0 Å². The van der Waals surface area contributed by atoms with Crippen LogP contribution in [-0.2, 0) is 0 Å². The fraction of sp³-hybridized carbons (Fsp3) is 1.00. The molecule has 0 aliphatic rings. The predicted molar refractivity (Wildman–Crippen MR) is 98.0 cm³/mol. The van der Waals surface area contributed by atoms with Gasteiger partial charge >= 0.3 is 0 Å². The zero-order valence-corrected chi connectivity index (χ0v) is 15.4. The van der Waals surface area contributed by atoms with E-state index in [2.05, 4.69) is 26.1 Å². The fourth-order valence-corrected chi connectivity index (χ4v) is 2.84. The van der Waals surface area contributed by atoms with Crippen LogP contribution >= 0.6 is 0 Å². The lowest BCUT2D eigenvalue weighted by atomic mass is 10.0. The Morgan fingerprint density at radius 1 is 0.571 bits per heavy atom. The van der Waals surface area contributed by atoms with Crippen LogP contribution in [0.15, 0.2) is 0 Å². The summed E-state index contributed by atoms with van der Waals surface area (Å²) in [5.41, 5.74) is 0. The minimum absolute atomic E-state index is 0.789. The second-order valence-electron chi connectivity index (χ2n) is 7.19. The van der Waals surface area contributed by atoms with Gasteiger partial charge in [-0.05, 0) is 25.4 Å². The molecule has 21 heavy (non-hydrogen) atoms. The van der Waals surface area contributed by atoms with Crippen molar-refractivity contribution in [2.45, 2.75) is 111 Å². The number of hydrogen-bond acceptors (Lipinski definition) is 1. The topological polar surface area (TPSA) is 12.0 Å². The Labute approximate surface area is 135 Å². The van der Waals surface area contributed by atoms with E-state index in [4.69, 9.17) is 0 Å². The highest BCUT2D eigenvalue weighted by Gasteiger charge is 1.95. The third-order valence-corrected chi connectivity index (χ3v) is 4.26. The molecule has 1 N–H and O–H groups in total. The van der Waals surface area contributed by atoms with Gasteiger partial charge in [-0.3, -0.25) is 0 Å². The van der Waals surface area contributed by atoms with E-state index in [1.54, 1.807) is 0 Å². The molecule has 0 unspecified atom stereocenters. The summed E-state index contributed by atoms with van der Waals surface area (Å²) >= 11 is 0. The Morgan fingerprint density at radius 3 is 1.33 bits per heavy atom. The molecule has 1 nitrogen and oxygen atoms in total. The van der Waals surface area contributed by atoms with E-state index >= 15 is 0 Å². The molecule has 0 bridgehead atoms. The van der Waals surface area contributed by atoms with Crippen LogP contribution in [0, 0.1) is 5.92 Å². The standard InChI is InChI=1S/C20H43N/c1-4-5-6-7-8-9-10-11-12-13-14-15-16-17-18-21-19-20(2)3/h20-21H,4-19H2,1-3H3. The van der Waals surface area contributed by atoms with Crippen molar-refractivity contribution >= 4 is 0 Å². The Bertz CT molecular complexity index is 177. The normalized spacial score (nSPS) is 11.4.